The third-order valence-electron chi connectivity index (χ3n) is 3.48. The van der Waals surface area contributed by atoms with Gasteiger partial charge in [-0.25, -0.2) is 0 Å². The number of hydrogen-bond donors (Lipinski definition) is 1. The van der Waals surface area contributed by atoms with Gasteiger partial charge in [0, 0.05) is 6.04 Å². The van der Waals surface area contributed by atoms with Crippen LogP contribution in [0.2, 0.25) is 0 Å². The number of hydrogen-bond acceptors (Lipinski definition) is 2. The van der Waals surface area contributed by atoms with Crippen molar-refractivity contribution in [3.8, 4) is 5.75 Å². The van der Waals surface area contributed by atoms with Crippen molar-refractivity contribution in [3.05, 3.63) is 42.5 Å². The number of carbonyl (C=O) groups excluding carboxylic acids is 1. The molecule has 20 heavy (non-hydrogen) atoms. The number of fused-ring (bicyclic) bond motifs is 1. The van der Waals surface area contributed by atoms with Crippen LogP contribution in [0.25, 0.3) is 10.8 Å². The van der Waals surface area contributed by atoms with E-state index in [0.717, 1.165) is 16.5 Å². The van der Waals surface area contributed by atoms with E-state index in [1.165, 1.54) is 0 Å². The molecule has 3 nitrogen and oxygen atoms in total. The summed E-state index contributed by atoms with van der Waals surface area (Å²) in [6, 6.07) is 14.1. The van der Waals surface area contributed by atoms with E-state index in [-0.39, 0.29) is 18.6 Å². The number of ether oxygens (including phenoxy) is 1. The fraction of sp³-hybridized carbons (Fsp3) is 0.353. The van der Waals surface area contributed by atoms with Gasteiger partial charge in [-0.3, -0.25) is 4.79 Å². The zero-order chi connectivity index (χ0) is 14.5. The zero-order valence-corrected chi connectivity index (χ0v) is 12.2. The van der Waals surface area contributed by atoms with Crippen molar-refractivity contribution in [2.75, 3.05) is 6.61 Å². The van der Waals surface area contributed by atoms with Crippen LogP contribution < -0.4 is 10.1 Å². The molecule has 0 bridgehead atoms. The highest BCUT2D eigenvalue weighted by molar-refractivity contribution is 5.84. The van der Waals surface area contributed by atoms with Crippen LogP contribution in [0.15, 0.2) is 42.5 Å². The quantitative estimate of drug-likeness (QED) is 0.905. The van der Waals surface area contributed by atoms with Crippen LogP contribution in [0, 0.1) is 5.92 Å². The van der Waals surface area contributed by atoms with E-state index < -0.39 is 0 Å². The molecule has 0 aromatic heterocycles. The molecule has 3 heteroatoms. The zero-order valence-electron chi connectivity index (χ0n) is 12.2. The Morgan fingerprint density at radius 1 is 1.10 bits per heavy atom. The molecule has 0 radical (unpaired) electrons. The molecule has 2 aromatic rings. The highest BCUT2D eigenvalue weighted by Gasteiger charge is 2.11. The molecule has 0 aliphatic carbocycles. The molecule has 0 heterocycles. The summed E-state index contributed by atoms with van der Waals surface area (Å²) in [7, 11) is 0. The molecule has 0 saturated carbocycles. The van der Waals surface area contributed by atoms with Crippen molar-refractivity contribution >= 4 is 16.7 Å². The Balaban J connectivity index is 1.94. The van der Waals surface area contributed by atoms with Gasteiger partial charge < -0.3 is 10.1 Å². The summed E-state index contributed by atoms with van der Waals surface area (Å²) in [6.45, 7) is 6.21. The lowest BCUT2D eigenvalue weighted by Crippen LogP contribution is -2.38. The smallest absolute Gasteiger partial charge is 0.258 e. The molecule has 2 rings (SSSR count). The Hall–Kier alpha value is -2.03. The van der Waals surface area contributed by atoms with Crippen LogP contribution in [0.3, 0.4) is 0 Å². The minimum Gasteiger partial charge on any atom is -0.484 e. The molecule has 1 unspecified atom stereocenters. The minimum atomic E-state index is -0.0839. The Morgan fingerprint density at radius 2 is 1.80 bits per heavy atom. The SMILES string of the molecule is CC(C)C(C)NC(=O)COc1ccc2ccccc2c1. The molecular formula is C17H21NO2. The Labute approximate surface area is 119 Å². The van der Waals surface area contributed by atoms with Crippen molar-refractivity contribution < 1.29 is 9.53 Å². The summed E-state index contributed by atoms with van der Waals surface area (Å²) in [5.74, 6) is 1.05. The second-order valence-corrected chi connectivity index (χ2v) is 5.40. The van der Waals surface area contributed by atoms with Gasteiger partial charge in [-0.15, -0.1) is 0 Å². The van der Waals surface area contributed by atoms with E-state index in [2.05, 4.69) is 25.2 Å². The van der Waals surface area contributed by atoms with Crippen molar-refractivity contribution in [2.45, 2.75) is 26.8 Å². The molecule has 1 atom stereocenters. The number of carbonyl (C=O) groups is 1. The molecule has 0 fully saturated rings. The van der Waals surface area contributed by atoms with Crippen molar-refractivity contribution in [2.24, 2.45) is 5.92 Å². The Kier molecular flexibility index (Phi) is 4.61. The first-order chi connectivity index (χ1) is 9.56. The summed E-state index contributed by atoms with van der Waals surface area (Å²) in [5, 5.41) is 5.20. The van der Waals surface area contributed by atoms with Crippen LogP contribution in [-0.4, -0.2) is 18.6 Å². The maximum Gasteiger partial charge on any atom is 0.258 e. The normalized spacial score (nSPS) is 12.4. The van der Waals surface area contributed by atoms with E-state index in [1.54, 1.807) is 0 Å². The fourth-order valence-corrected chi connectivity index (χ4v) is 1.87. The van der Waals surface area contributed by atoms with Gasteiger partial charge in [-0.2, -0.15) is 0 Å². The third kappa shape index (κ3) is 3.73. The van der Waals surface area contributed by atoms with Gasteiger partial charge in [0.05, 0.1) is 0 Å². The topological polar surface area (TPSA) is 38.3 Å². The molecule has 2 aromatic carbocycles. The van der Waals surface area contributed by atoms with Gasteiger partial charge in [0.25, 0.3) is 5.91 Å². The molecule has 0 aliphatic rings. The third-order valence-corrected chi connectivity index (χ3v) is 3.48. The summed E-state index contributed by atoms with van der Waals surface area (Å²) in [5.41, 5.74) is 0. The highest BCUT2D eigenvalue weighted by Crippen LogP contribution is 2.20. The number of benzene rings is 2. The van der Waals surface area contributed by atoms with E-state index in [1.807, 2.05) is 43.3 Å². The summed E-state index contributed by atoms with van der Waals surface area (Å²) in [6.07, 6.45) is 0. The first-order valence-corrected chi connectivity index (χ1v) is 6.97. The van der Waals surface area contributed by atoms with Crippen LogP contribution in [0.5, 0.6) is 5.75 Å². The molecular weight excluding hydrogens is 250 g/mol. The first kappa shape index (κ1) is 14.4. The molecule has 1 N–H and O–H groups in total. The minimum absolute atomic E-state index is 0.0510. The highest BCUT2D eigenvalue weighted by atomic mass is 16.5. The predicted molar refractivity (Wildman–Crippen MR) is 81.9 cm³/mol. The largest absolute Gasteiger partial charge is 0.484 e. The van der Waals surface area contributed by atoms with Crippen LogP contribution in [0.4, 0.5) is 0 Å². The Bertz CT molecular complexity index is 592. The molecule has 0 aliphatic heterocycles. The fourth-order valence-electron chi connectivity index (χ4n) is 1.87. The van der Waals surface area contributed by atoms with E-state index >= 15 is 0 Å². The van der Waals surface area contributed by atoms with E-state index in [4.69, 9.17) is 4.74 Å². The van der Waals surface area contributed by atoms with Crippen LogP contribution in [0.1, 0.15) is 20.8 Å². The van der Waals surface area contributed by atoms with Gasteiger partial charge in [0.1, 0.15) is 5.75 Å². The van der Waals surface area contributed by atoms with E-state index in [0.29, 0.717) is 5.92 Å². The Morgan fingerprint density at radius 3 is 2.50 bits per heavy atom. The maximum atomic E-state index is 11.8. The second-order valence-electron chi connectivity index (χ2n) is 5.40. The van der Waals surface area contributed by atoms with Crippen LogP contribution >= 0.6 is 0 Å². The number of rotatable bonds is 5. The standard InChI is InChI=1S/C17H21NO2/c1-12(2)13(3)18-17(19)11-20-16-9-8-14-6-4-5-7-15(14)10-16/h4-10,12-13H,11H2,1-3H3,(H,18,19). The average Bonchev–Trinajstić information content (AvgIpc) is 2.44. The number of amides is 1. The predicted octanol–water partition coefficient (Wildman–Crippen LogP) is 3.38. The lowest BCUT2D eigenvalue weighted by Gasteiger charge is -2.17. The van der Waals surface area contributed by atoms with Gasteiger partial charge in [0.15, 0.2) is 6.61 Å². The van der Waals surface area contributed by atoms with Crippen molar-refractivity contribution in [1.29, 1.82) is 0 Å². The summed E-state index contributed by atoms with van der Waals surface area (Å²) >= 11 is 0. The van der Waals surface area contributed by atoms with Gasteiger partial charge in [-0.05, 0) is 35.7 Å². The van der Waals surface area contributed by atoms with Crippen molar-refractivity contribution in [1.82, 2.24) is 5.32 Å². The lowest BCUT2D eigenvalue weighted by molar-refractivity contribution is -0.124. The monoisotopic (exact) mass is 271 g/mol. The van der Waals surface area contributed by atoms with Gasteiger partial charge in [-0.1, -0.05) is 44.2 Å². The maximum absolute atomic E-state index is 11.8. The molecule has 0 saturated heterocycles. The average molecular weight is 271 g/mol. The summed E-state index contributed by atoms with van der Waals surface area (Å²) in [4.78, 5) is 11.8. The molecule has 1 amide bonds. The van der Waals surface area contributed by atoms with Crippen molar-refractivity contribution in [3.63, 3.8) is 0 Å². The van der Waals surface area contributed by atoms with Crippen LogP contribution in [-0.2, 0) is 4.79 Å². The lowest BCUT2D eigenvalue weighted by atomic mass is 10.1. The summed E-state index contributed by atoms with van der Waals surface area (Å²) < 4.78 is 5.54. The van der Waals surface area contributed by atoms with Gasteiger partial charge in [0.2, 0.25) is 0 Å². The molecule has 0 spiro atoms. The first-order valence-electron chi connectivity index (χ1n) is 6.97. The second kappa shape index (κ2) is 6.42. The molecule has 106 valence electrons. The number of nitrogens with one attached hydrogen (secondary N) is 1. The van der Waals surface area contributed by atoms with E-state index in [9.17, 15) is 4.79 Å². The van der Waals surface area contributed by atoms with Gasteiger partial charge >= 0.3 is 0 Å².